The number of phosphoric ester groups is 1. The Kier molecular flexibility index (Phi) is 6.84. The highest BCUT2D eigenvalue weighted by Crippen LogP contribution is 2.35. The maximum Gasteiger partial charge on any atom is 0.469 e. The molecule has 0 saturated carbocycles. The highest BCUT2D eigenvalue weighted by Gasteiger charge is 2.14. The Hall–Kier alpha value is -1.73. The molecule has 0 aliphatic carbocycles. The molecule has 0 aliphatic rings. The molecule has 0 spiro atoms. The van der Waals surface area contributed by atoms with Gasteiger partial charge in [0.15, 0.2) is 0 Å². The summed E-state index contributed by atoms with van der Waals surface area (Å²) in [6.45, 7) is 5.60. The molecule has 0 fully saturated rings. The van der Waals surface area contributed by atoms with Gasteiger partial charge in [0.25, 0.3) is 5.95 Å². The molecule has 0 atom stereocenters. The van der Waals surface area contributed by atoms with E-state index in [2.05, 4.69) is 27.2 Å². The molecule has 18 heavy (non-hydrogen) atoms. The van der Waals surface area contributed by atoms with Gasteiger partial charge in [0.1, 0.15) is 0 Å². The molecule has 0 rings (SSSR count). The second-order valence-electron chi connectivity index (χ2n) is 2.56. The van der Waals surface area contributed by atoms with Crippen molar-refractivity contribution in [2.45, 2.75) is 0 Å². The van der Waals surface area contributed by atoms with Gasteiger partial charge >= 0.3 is 19.8 Å². The van der Waals surface area contributed by atoms with Crippen molar-refractivity contribution in [2.75, 3.05) is 6.61 Å². The van der Waals surface area contributed by atoms with E-state index in [1.54, 1.807) is 0 Å². The van der Waals surface area contributed by atoms with Gasteiger partial charge in [0.2, 0.25) is 0 Å². The minimum absolute atomic E-state index is 0.599. The normalized spacial score (nSPS) is 10.1. The van der Waals surface area contributed by atoms with E-state index in [9.17, 15) is 14.2 Å². The predicted octanol–water partition coefficient (Wildman–Crippen LogP) is 0.395. The van der Waals surface area contributed by atoms with Crippen LogP contribution in [0.4, 0.5) is 0 Å². The number of hydrogen-bond donors (Lipinski definition) is 2. The minimum atomic E-state index is -4.67. The topological polar surface area (TPSA) is 119 Å². The van der Waals surface area contributed by atoms with Gasteiger partial charge in [-0.3, -0.25) is 4.52 Å². The van der Waals surface area contributed by atoms with Crippen molar-refractivity contribution in [3.05, 3.63) is 37.3 Å². The quantitative estimate of drug-likeness (QED) is 0.297. The maximum absolute atomic E-state index is 10.9. The Morgan fingerprint density at radius 3 is 1.89 bits per heavy atom. The first-order valence-corrected chi connectivity index (χ1v) is 5.90. The van der Waals surface area contributed by atoms with Crippen LogP contribution in [0.15, 0.2) is 37.3 Å². The molecule has 0 unspecified atom stereocenters. The zero-order valence-electron chi connectivity index (χ0n) is 9.14. The zero-order valence-corrected chi connectivity index (χ0v) is 10.0. The summed E-state index contributed by atoms with van der Waals surface area (Å²) in [5.74, 6) is -2.44. The average Bonchev–Trinajstić information content (AvgIpc) is 2.26. The molecule has 0 aliphatic heterocycles. The monoisotopic (exact) mass is 278 g/mol. The summed E-state index contributed by atoms with van der Waals surface area (Å²) in [6, 6.07) is 0. The number of carbonyl (C=O) groups excluding carboxylic acids is 2. The Labute approximate surface area is 102 Å². The van der Waals surface area contributed by atoms with Crippen molar-refractivity contribution >= 4 is 19.8 Å². The molecule has 9 heteroatoms. The van der Waals surface area contributed by atoms with Crippen LogP contribution in [0.5, 0.6) is 0 Å². The van der Waals surface area contributed by atoms with Crippen molar-refractivity contribution in [2.24, 2.45) is 0 Å². The number of phosphoric acid groups is 1. The number of ether oxygens (including phenoxy) is 2. The molecule has 0 radical (unpaired) electrons. The molecular formula is C9H11O8P. The van der Waals surface area contributed by atoms with Crippen molar-refractivity contribution in [1.29, 1.82) is 0 Å². The fourth-order valence-electron chi connectivity index (χ4n) is 0.588. The van der Waals surface area contributed by atoms with Gasteiger partial charge in [-0.25, -0.2) is 14.2 Å². The lowest BCUT2D eigenvalue weighted by Crippen LogP contribution is -2.08. The molecule has 0 bridgehead atoms. The van der Waals surface area contributed by atoms with E-state index in [1.807, 2.05) is 0 Å². The van der Waals surface area contributed by atoms with E-state index in [4.69, 9.17) is 9.79 Å². The molecule has 2 N–H and O–H groups in total. The minimum Gasteiger partial charge on any atom is -0.389 e. The Morgan fingerprint density at radius 2 is 1.56 bits per heavy atom. The van der Waals surface area contributed by atoms with Gasteiger partial charge in [-0.1, -0.05) is 13.2 Å². The van der Waals surface area contributed by atoms with Gasteiger partial charge in [-0.05, 0) is 0 Å². The van der Waals surface area contributed by atoms with Crippen LogP contribution in [0, 0.1) is 0 Å². The molecule has 0 heterocycles. The first kappa shape index (κ1) is 16.3. The van der Waals surface area contributed by atoms with Crippen LogP contribution in [0.2, 0.25) is 0 Å². The van der Waals surface area contributed by atoms with Crippen LogP contribution in [-0.4, -0.2) is 28.3 Å². The van der Waals surface area contributed by atoms with Gasteiger partial charge in [0.05, 0.1) is 6.61 Å². The van der Waals surface area contributed by atoms with Gasteiger partial charge in [-0.15, -0.1) is 0 Å². The van der Waals surface area contributed by atoms with Crippen LogP contribution >= 0.6 is 7.82 Å². The number of rotatable bonds is 7. The van der Waals surface area contributed by atoms with Crippen molar-refractivity contribution in [1.82, 2.24) is 0 Å². The summed E-state index contributed by atoms with van der Waals surface area (Å²) in [7, 11) is -4.67. The van der Waals surface area contributed by atoms with Gasteiger partial charge in [0, 0.05) is 18.2 Å². The molecule has 0 aromatic heterocycles. The molecule has 8 nitrogen and oxygen atoms in total. The lowest BCUT2D eigenvalue weighted by molar-refractivity contribution is -0.147. The standard InChI is InChI=1S/C9H11O8P/c1-3-7(10)16-9(17-8(11)4-2)5-6-15-18(12,13)14/h3-5H,1-2,6H2,(H2,12,13,14). The summed E-state index contributed by atoms with van der Waals surface area (Å²) in [4.78, 5) is 38.5. The predicted molar refractivity (Wildman–Crippen MR) is 58.7 cm³/mol. The summed E-state index contributed by atoms with van der Waals surface area (Å²) in [5.41, 5.74) is 0. The number of carbonyl (C=O) groups is 2. The third-order valence-corrected chi connectivity index (χ3v) is 1.71. The molecule has 0 saturated heterocycles. The van der Waals surface area contributed by atoms with E-state index in [1.165, 1.54) is 0 Å². The van der Waals surface area contributed by atoms with Gasteiger partial charge < -0.3 is 19.3 Å². The van der Waals surface area contributed by atoms with E-state index in [-0.39, 0.29) is 0 Å². The molecule has 100 valence electrons. The summed E-state index contributed by atoms with van der Waals surface area (Å²) in [5, 5.41) is 0. The second-order valence-corrected chi connectivity index (χ2v) is 3.80. The molecule has 0 amide bonds. The summed E-state index contributed by atoms with van der Waals surface area (Å²) >= 11 is 0. The summed E-state index contributed by atoms with van der Waals surface area (Å²) < 4.78 is 23.3. The number of hydrogen-bond acceptors (Lipinski definition) is 6. The highest BCUT2D eigenvalue weighted by atomic mass is 31.2. The lowest BCUT2D eigenvalue weighted by Gasteiger charge is -2.06. The van der Waals surface area contributed by atoms with Crippen molar-refractivity contribution < 1.29 is 37.9 Å². The zero-order chi connectivity index (χ0) is 14.2. The van der Waals surface area contributed by atoms with Crippen molar-refractivity contribution in [3.63, 3.8) is 0 Å². The van der Waals surface area contributed by atoms with Crippen LogP contribution in [0.3, 0.4) is 0 Å². The molecule has 0 aromatic carbocycles. The average molecular weight is 278 g/mol. The van der Waals surface area contributed by atoms with E-state index < -0.39 is 32.3 Å². The summed E-state index contributed by atoms with van der Waals surface area (Å²) in [6.07, 6.45) is 2.46. The largest absolute Gasteiger partial charge is 0.469 e. The van der Waals surface area contributed by atoms with Crippen LogP contribution in [0.1, 0.15) is 0 Å². The maximum atomic E-state index is 10.9. The van der Waals surface area contributed by atoms with Crippen LogP contribution in [0.25, 0.3) is 0 Å². The first-order valence-electron chi connectivity index (χ1n) is 4.37. The van der Waals surface area contributed by atoms with Gasteiger partial charge in [-0.2, -0.15) is 0 Å². The van der Waals surface area contributed by atoms with E-state index in [0.29, 0.717) is 0 Å². The van der Waals surface area contributed by atoms with Crippen molar-refractivity contribution in [3.8, 4) is 0 Å². The fourth-order valence-corrected chi connectivity index (χ4v) is 0.857. The highest BCUT2D eigenvalue weighted by molar-refractivity contribution is 7.46. The SMILES string of the molecule is C=CC(=O)OC(=CCOP(=O)(O)O)OC(=O)C=C. The number of esters is 2. The van der Waals surface area contributed by atoms with E-state index in [0.717, 1.165) is 18.2 Å². The van der Waals surface area contributed by atoms with E-state index >= 15 is 0 Å². The Balaban J connectivity index is 4.63. The smallest absolute Gasteiger partial charge is 0.389 e. The first-order chi connectivity index (χ1) is 8.28. The molecular weight excluding hydrogens is 267 g/mol. The Morgan fingerprint density at radius 1 is 1.11 bits per heavy atom. The Bertz CT molecular complexity index is 394. The third-order valence-electron chi connectivity index (χ3n) is 1.23. The third kappa shape index (κ3) is 8.43. The second kappa shape index (κ2) is 7.57. The van der Waals surface area contributed by atoms with Crippen LogP contribution in [-0.2, 0) is 28.2 Å². The fraction of sp³-hybridized carbons (Fsp3) is 0.111. The lowest BCUT2D eigenvalue weighted by atomic mass is 10.6. The molecule has 0 aromatic rings. The van der Waals surface area contributed by atoms with Crippen LogP contribution < -0.4 is 0 Å².